The molecular formula is C40H66N12O8. The van der Waals surface area contributed by atoms with Crippen LogP contribution >= 0.6 is 0 Å². The second-order valence-electron chi connectivity index (χ2n) is 15.3. The average Bonchev–Trinajstić information content (AvgIpc) is 3.18. The van der Waals surface area contributed by atoms with Crippen LogP contribution in [0, 0.1) is 5.92 Å². The van der Waals surface area contributed by atoms with Crippen LogP contribution in [0.4, 0.5) is 0 Å². The number of aliphatic imine (C=N–C) groups is 1. The molecule has 1 aliphatic rings. The molecule has 1 aromatic rings. The summed E-state index contributed by atoms with van der Waals surface area (Å²) in [7, 11) is 0. The van der Waals surface area contributed by atoms with Crippen LogP contribution in [-0.4, -0.2) is 116 Å². The molecule has 2 rings (SSSR count). The van der Waals surface area contributed by atoms with Crippen molar-refractivity contribution in [2.45, 2.75) is 128 Å². The third kappa shape index (κ3) is 19.8. The molecule has 60 heavy (non-hydrogen) atoms. The maximum absolute atomic E-state index is 14.1. The molecule has 0 saturated carbocycles. The van der Waals surface area contributed by atoms with Crippen molar-refractivity contribution in [3.05, 3.63) is 35.9 Å². The van der Waals surface area contributed by atoms with E-state index in [2.05, 4.69) is 47.5 Å². The Balaban J connectivity index is 2.43. The molecular weight excluding hydrogens is 777 g/mol. The van der Waals surface area contributed by atoms with Gasteiger partial charge in [-0.1, -0.05) is 44.2 Å². The van der Waals surface area contributed by atoms with E-state index in [4.69, 9.17) is 17.2 Å². The molecule has 0 radical (unpaired) electrons. The molecule has 0 aromatic heterocycles. The third-order valence-electron chi connectivity index (χ3n) is 9.52. The summed E-state index contributed by atoms with van der Waals surface area (Å²) in [6.45, 7) is 6.84. The zero-order chi connectivity index (χ0) is 44.6. The van der Waals surface area contributed by atoms with Gasteiger partial charge in [-0.3, -0.25) is 43.3 Å². The van der Waals surface area contributed by atoms with Gasteiger partial charge in [-0.2, -0.15) is 0 Å². The Bertz CT molecular complexity index is 1620. The quantitative estimate of drug-likeness (QED) is 0.0404. The number of nitrogens with two attached hydrogens (primary N) is 3. The van der Waals surface area contributed by atoms with E-state index >= 15 is 0 Å². The van der Waals surface area contributed by atoms with Crippen LogP contribution in [0.2, 0.25) is 0 Å². The highest BCUT2D eigenvalue weighted by molar-refractivity contribution is 5.97. The first-order valence-corrected chi connectivity index (χ1v) is 20.6. The van der Waals surface area contributed by atoms with Crippen LogP contribution in [0.1, 0.15) is 91.0 Å². The lowest BCUT2D eigenvalue weighted by atomic mass is 10.00. The summed E-state index contributed by atoms with van der Waals surface area (Å²) < 4.78 is 0. The topological polar surface area (TPSA) is 323 Å². The van der Waals surface area contributed by atoms with Crippen molar-refractivity contribution >= 4 is 53.2 Å². The fraction of sp³-hybridized carbons (Fsp3) is 0.625. The van der Waals surface area contributed by atoms with Crippen molar-refractivity contribution in [1.82, 2.24) is 42.5 Å². The van der Waals surface area contributed by atoms with E-state index in [0.29, 0.717) is 32.2 Å². The van der Waals surface area contributed by atoms with E-state index in [-0.39, 0.29) is 70.0 Å². The average molecular weight is 843 g/mol. The molecule has 0 spiro atoms. The molecule has 0 bridgehead atoms. The molecule has 8 amide bonds. The van der Waals surface area contributed by atoms with E-state index in [0.717, 1.165) is 5.56 Å². The predicted octanol–water partition coefficient (Wildman–Crippen LogP) is -2.18. The van der Waals surface area contributed by atoms with Crippen molar-refractivity contribution in [2.24, 2.45) is 28.1 Å². The van der Waals surface area contributed by atoms with Crippen molar-refractivity contribution in [1.29, 1.82) is 0 Å². The highest BCUT2D eigenvalue weighted by atomic mass is 16.2. The number of amides is 8. The predicted molar refractivity (Wildman–Crippen MR) is 225 cm³/mol. The number of guanidine groups is 1. The Morgan fingerprint density at radius 2 is 1.43 bits per heavy atom. The molecule has 20 heteroatoms. The lowest BCUT2D eigenvalue weighted by Crippen LogP contribution is -2.60. The molecule has 6 atom stereocenters. The molecule has 20 nitrogen and oxygen atoms in total. The maximum Gasteiger partial charge on any atom is 0.243 e. The molecule has 1 heterocycles. The van der Waals surface area contributed by atoms with E-state index in [9.17, 15) is 38.4 Å². The van der Waals surface area contributed by atoms with Gasteiger partial charge in [0.1, 0.15) is 36.3 Å². The minimum atomic E-state index is -1.23. The Morgan fingerprint density at radius 3 is 2.08 bits per heavy atom. The number of nitrogens with zero attached hydrogens (tertiary/aromatic N) is 1. The molecule has 0 aliphatic carbocycles. The SMILES string of the molecule is CC(=O)N[C@@H](C)C(=O)N[C@@H](CCCCN)C(=O)N[C@@H](CCCN=C(N)N)C(=O)N[C@H]1CCCCNC(=O)CNC(=O)[C@H](Cc2ccccc2)NC(=O)[C@H](CC(C)C)NC1=O. The minimum Gasteiger partial charge on any atom is -0.370 e. The van der Waals surface area contributed by atoms with Gasteiger partial charge in [0.2, 0.25) is 47.3 Å². The smallest absolute Gasteiger partial charge is 0.243 e. The lowest BCUT2D eigenvalue weighted by molar-refractivity contribution is -0.136. The van der Waals surface area contributed by atoms with Crippen molar-refractivity contribution in [3.8, 4) is 0 Å². The summed E-state index contributed by atoms with van der Waals surface area (Å²) in [5, 5.41) is 21.5. The molecule has 0 unspecified atom stereocenters. The minimum absolute atomic E-state index is 0.0315. The van der Waals surface area contributed by atoms with Gasteiger partial charge in [-0.25, -0.2) is 0 Å². The summed E-state index contributed by atoms with van der Waals surface area (Å²) in [4.78, 5) is 110. The first kappa shape index (κ1) is 50.4. The van der Waals surface area contributed by atoms with Gasteiger partial charge < -0.3 is 59.7 Å². The van der Waals surface area contributed by atoms with E-state index in [1.807, 2.05) is 19.9 Å². The standard InChI is InChI=1S/C40H66N12O8/c1-24(2)21-31-39(60)52-32(22-27-13-6-5-7-14-27)35(56)46-23-33(54)44-19-11-9-16-29(38(59)51-31)49-37(58)30(17-12-20-45-40(42)43)50-36(57)28(15-8-10-18-41)48-34(55)25(3)47-26(4)53/h5-7,13-14,24-25,28-32H,8-12,15-23,41H2,1-4H3,(H,44,54)(H,46,56)(H,47,53)(H,48,55)(H,49,58)(H,50,57)(H,51,59)(H,52,60)(H4,42,43,45)/t25-,28-,29-,30-,31-,32-/m0/s1. The second-order valence-corrected chi connectivity index (χ2v) is 15.3. The molecule has 14 N–H and O–H groups in total. The van der Waals surface area contributed by atoms with Gasteiger partial charge in [0, 0.05) is 26.4 Å². The van der Waals surface area contributed by atoms with E-state index in [1.54, 1.807) is 24.3 Å². The highest BCUT2D eigenvalue weighted by Gasteiger charge is 2.33. The van der Waals surface area contributed by atoms with Gasteiger partial charge in [0.15, 0.2) is 5.96 Å². The van der Waals surface area contributed by atoms with Crippen LogP contribution in [0.25, 0.3) is 0 Å². The molecule has 334 valence electrons. The van der Waals surface area contributed by atoms with Gasteiger partial charge in [-0.05, 0) is 82.7 Å². The first-order valence-electron chi connectivity index (χ1n) is 20.6. The number of nitrogens with one attached hydrogen (secondary N) is 8. The summed E-state index contributed by atoms with van der Waals surface area (Å²) in [6, 6.07) is 2.36. The van der Waals surface area contributed by atoms with Crippen LogP contribution in [0.15, 0.2) is 35.3 Å². The van der Waals surface area contributed by atoms with Gasteiger partial charge in [0.25, 0.3) is 0 Å². The fourth-order valence-corrected chi connectivity index (χ4v) is 6.38. The molecule has 1 aliphatic heterocycles. The Labute approximate surface area is 351 Å². The van der Waals surface area contributed by atoms with Crippen LogP contribution < -0.4 is 59.7 Å². The first-order chi connectivity index (χ1) is 28.5. The van der Waals surface area contributed by atoms with Gasteiger partial charge >= 0.3 is 0 Å². The summed E-state index contributed by atoms with van der Waals surface area (Å²) in [5.74, 6) is -5.02. The summed E-state index contributed by atoms with van der Waals surface area (Å²) >= 11 is 0. The summed E-state index contributed by atoms with van der Waals surface area (Å²) in [5.41, 5.74) is 17.4. The number of hydrogen-bond donors (Lipinski definition) is 11. The normalized spacial score (nSPS) is 19.5. The third-order valence-corrected chi connectivity index (χ3v) is 9.52. The van der Waals surface area contributed by atoms with Gasteiger partial charge in [-0.15, -0.1) is 0 Å². The van der Waals surface area contributed by atoms with Crippen molar-refractivity contribution < 1.29 is 38.4 Å². The van der Waals surface area contributed by atoms with Crippen LogP contribution in [0.3, 0.4) is 0 Å². The lowest BCUT2D eigenvalue weighted by Gasteiger charge is -2.28. The Morgan fingerprint density at radius 1 is 0.783 bits per heavy atom. The van der Waals surface area contributed by atoms with E-state index < -0.39 is 83.5 Å². The molecule has 1 saturated heterocycles. The van der Waals surface area contributed by atoms with E-state index in [1.165, 1.54) is 13.8 Å². The number of benzene rings is 1. The number of carbonyl (C=O) groups is 8. The number of hydrogen-bond acceptors (Lipinski definition) is 10. The Hall–Kier alpha value is -5.79. The monoisotopic (exact) mass is 843 g/mol. The van der Waals surface area contributed by atoms with Gasteiger partial charge in [0.05, 0.1) is 6.54 Å². The number of unbranched alkanes of at least 4 members (excludes halogenated alkanes) is 1. The zero-order valence-corrected chi connectivity index (χ0v) is 35.3. The maximum atomic E-state index is 14.1. The highest BCUT2D eigenvalue weighted by Crippen LogP contribution is 2.12. The zero-order valence-electron chi connectivity index (χ0n) is 35.3. The number of carbonyl (C=O) groups excluding carboxylic acids is 8. The van der Waals surface area contributed by atoms with Crippen molar-refractivity contribution in [3.63, 3.8) is 0 Å². The molecule has 1 aromatic carbocycles. The van der Waals surface area contributed by atoms with Crippen LogP contribution in [0.5, 0.6) is 0 Å². The van der Waals surface area contributed by atoms with Crippen molar-refractivity contribution in [2.75, 3.05) is 26.2 Å². The Kier molecular flexibility index (Phi) is 22.7. The number of rotatable bonds is 19. The summed E-state index contributed by atoms with van der Waals surface area (Å²) in [6.07, 6.45) is 2.65. The largest absolute Gasteiger partial charge is 0.370 e. The fourth-order valence-electron chi connectivity index (χ4n) is 6.38. The second kappa shape index (κ2) is 27.1. The van der Waals surface area contributed by atoms with Crippen LogP contribution in [-0.2, 0) is 44.8 Å². The molecule has 1 fully saturated rings.